The van der Waals surface area contributed by atoms with Gasteiger partial charge in [-0.05, 0) is 74.0 Å². The number of hydrogen-bond donors (Lipinski definition) is 2. The van der Waals surface area contributed by atoms with Crippen molar-refractivity contribution in [2.24, 2.45) is 28.6 Å². The number of hydrogen-bond acceptors (Lipinski definition) is 7. The zero-order valence-corrected chi connectivity index (χ0v) is 21.0. The van der Waals surface area contributed by atoms with Gasteiger partial charge >= 0.3 is 5.97 Å². The number of carbonyl (C=O) groups is 3. The highest BCUT2D eigenvalue weighted by atomic mass is 16.5. The minimum atomic E-state index is -1.64. The highest BCUT2D eigenvalue weighted by Gasteiger charge is 2.68. The molecule has 0 bridgehead atoms. The fourth-order valence-electron chi connectivity index (χ4n) is 8.32. The first kappa shape index (κ1) is 24.4. The molecule has 0 aromatic rings. The molecule has 1 aliphatic heterocycles. The van der Waals surface area contributed by atoms with Gasteiger partial charge in [0.05, 0.1) is 11.7 Å². The molecule has 3 fully saturated rings. The average Bonchev–Trinajstić information content (AvgIpc) is 3.08. The summed E-state index contributed by atoms with van der Waals surface area (Å²) in [5.41, 5.74) is -1.02. The summed E-state index contributed by atoms with van der Waals surface area (Å²) in [5.74, 6) is -0.560. The van der Waals surface area contributed by atoms with E-state index in [1.165, 1.54) is 0 Å². The number of Topliss-reactive ketones (excluding diaryl/α,β-unsaturated/α-hetero) is 1. The number of fused-ring (bicyclic) bond motifs is 5. The van der Waals surface area contributed by atoms with Crippen LogP contribution in [0.5, 0.6) is 0 Å². The standard InChI is InChI=1S/C28H37NO6/c1-26-10-8-19(30)13-18(26)6-7-20-21-9-11-28(34,27(21,2)14-22(31)24(20)26)23(32)16-35-25(33)17-5-4-12-29(3)15-17/h4,12-13,15,20-22,24,31,34H,5-11,14,16H2,1-3H3/t20-,21-,22-,24+,26-,27-,28-/m0/s1. The second kappa shape index (κ2) is 8.41. The van der Waals surface area contributed by atoms with Crippen molar-refractivity contribution in [2.75, 3.05) is 13.7 Å². The molecular formula is C28H37NO6. The second-order valence-electron chi connectivity index (χ2n) is 11.9. The van der Waals surface area contributed by atoms with Gasteiger partial charge in [0, 0.05) is 31.5 Å². The molecule has 7 atom stereocenters. The molecule has 5 aliphatic rings. The molecule has 7 nitrogen and oxygen atoms in total. The molecule has 0 amide bonds. The highest BCUT2D eigenvalue weighted by Crippen LogP contribution is 2.67. The van der Waals surface area contributed by atoms with Crippen molar-refractivity contribution in [1.29, 1.82) is 0 Å². The number of ether oxygens (including phenoxy) is 1. The smallest absolute Gasteiger partial charge is 0.336 e. The Morgan fingerprint density at radius 2 is 1.97 bits per heavy atom. The maximum Gasteiger partial charge on any atom is 0.336 e. The monoisotopic (exact) mass is 483 g/mol. The van der Waals surface area contributed by atoms with E-state index >= 15 is 0 Å². The molecule has 0 radical (unpaired) electrons. The van der Waals surface area contributed by atoms with E-state index in [0.29, 0.717) is 37.7 Å². The zero-order valence-electron chi connectivity index (χ0n) is 21.0. The van der Waals surface area contributed by atoms with E-state index < -0.39 is 35.5 Å². The van der Waals surface area contributed by atoms with Crippen molar-refractivity contribution in [2.45, 2.75) is 76.9 Å². The van der Waals surface area contributed by atoms with Gasteiger partial charge in [0.2, 0.25) is 5.78 Å². The second-order valence-corrected chi connectivity index (χ2v) is 11.9. The van der Waals surface area contributed by atoms with E-state index in [2.05, 4.69) is 6.92 Å². The lowest BCUT2D eigenvalue weighted by Gasteiger charge is -2.60. The highest BCUT2D eigenvalue weighted by molar-refractivity contribution is 5.94. The predicted octanol–water partition coefficient (Wildman–Crippen LogP) is 3.07. The van der Waals surface area contributed by atoms with E-state index in [-0.39, 0.29) is 29.0 Å². The number of allylic oxidation sites excluding steroid dienone is 2. The lowest BCUT2D eigenvalue weighted by atomic mass is 9.45. The van der Waals surface area contributed by atoms with Crippen molar-refractivity contribution < 1.29 is 29.3 Å². The molecule has 0 aromatic carbocycles. The van der Waals surface area contributed by atoms with Crippen LogP contribution in [0.2, 0.25) is 0 Å². The number of rotatable bonds is 4. The summed E-state index contributed by atoms with van der Waals surface area (Å²) in [6.45, 7) is 3.65. The van der Waals surface area contributed by atoms with Gasteiger partial charge in [0.1, 0.15) is 5.60 Å². The summed E-state index contributed by atoms with van der Waals surface area (Å²) < 4.78 is 5.34. The maximum atomic E-state index is 13.4. The van der Waals surface area contributed by atoms with Gasteiger partial charge in [0.15, 0.2) is 12.4 Å². The van der Waals surface area contributed by atoms with Crippen LogP contribution in [0.15, 0.2) is 35.7 Å². The van der Waals surface area contributed by atoms with Crippen molar-refractivity contribution in [3.63, 3.8) is 0 Å². The van der Waals surface area contributed by atoms with Crippen molar-refractivity contribution in [3.05, 3.63) is 35.7 Å². The van der Waals surface area contributed by atoms with E-state index in [0.717, 1.165) is 24.8 Å². The third kappa shape index (κ3) is 3.65. The van der Waals surface area contributed by atoms with Crippen LogP contribution >= 0.6 is 0 Å². The number of esters is 1. The molecule has 35 heavy (non-hydrogen) atoms. The van der Waals surface area contributed by atoms with E-state index in [1.807, 2.05) is 26.2 Å². The first-order chi connectivity index (χ1) is 16.5. The number of aliphatic hydroxyl groups is 2. The van der Waals surface area contributed by atoms with Gasteiger partial charge < -0.3 is 19.8 Å². The van der Waals surface area contributed by atoms with Gasteiger partial charge in [-0.1, -0.05) is 25.5 Å². The van der Waals surface area contributed by atoms with Crippen LogP contribution in [-0.2, 0) is 19.1 Å². The summed E-state index contributed by atoms with van der Waals surface area (Å²) in [6.07, 6.45) is 11.2. The summed E-state index contributed by atoms with van der Waals surface area (Å²) in [4.78, 5) is 39.7. The van der Waals surface area contributed by atoms with Gasteiger partial charge in [-0.15, -0.1) is 0 Å². The van der Waals surface area contributed by atoms with Crippen molar-refractivity contribution >= 4 is 17.5 Å². The Balaban J connectivity index is 1.34. The SMILES string of the molecule is CN1C=CCC(C(=O)OCC(=O)[C@@]2(O)CC[C@H]3[C@@H]4CCC5=CC(=O)CC[C@]5(C)[C@H]4[C@@H](O)C[C@@]32C)=C1. The van der Waals surface area contributed by atoms with E-state index in [1.54, 1.807) is 17.2 Å². The molecule has 0 aromatic heterocycles. The van der Waals surface area contributed by atoms with Crippen LogP contribution in [0.4, 0.5) is 0 Å². The fraction of sp³-hybridized carbons (Fsp3) is 0.679. The Bertz CT molecular complexity index is 1040. The van der Waals surface area contributed by atoms with Gasteiger partial charge in [-0.25, -0.2) is 4.79 Å². The lowest BCUT2D eigenvalue weighted by Crippen LogP contribution is -2.62. The third-order valence-corrected chi connectivity index (χ3v) is 10.1. The molecule has 3 saturated carbocycles. The minimum Gasteiger partial charge on any atom is -0.454 e. The number of carbonyl (C=O) groups excluding carboxylic acids is 3. The number of aliphatic hydroxyl groups excluding tert-OH is 1. The summed E-state index contributed by atoms with van der Waals surface area (Å²) in [6, 6.07) is 0. The largest absolute Gasteiger partial charge is 0.454 e. The topological polar surface area (TPSA) is 104 Å². The van der Waals surface area contributed by atoms with Crippen molar-refractivity contribution in [3.8, 4) is 0 Å². The minimum absolute atomic E-state index is 0.0206. The molecule has 0 saturated heterocycles. The first-order valence-electron chi connectivity index (χ1n) is 12.9. The molecule has 7 heteroatoms. The Morgan fingerprint density at radius 1 is 1.20 bits per heavy atom. The Hall–Kier alpha value is -2.25. The molecule has 4 aliphatic carbocycles. The average molecular weight is 484 g/mol. The third-order valence-electron chi connectivity index (χ3n) is 10.1. The fourth-order valence-corrected chi connectivity index (χ4v) is 8.32. The van der Waals surface area contributed by atoms with E-state index in [9.17, 15) is 24.6 Å². The Morgan fingerprint density at radius 3 is 2.71 bits per heavy atom. The molecule has 2 N–H and O–H groups in total. The van der Waals surface area contributed by atoms with Crippen LogP contribution in [-0.4, -0.2) is 58.0 Å². The Labute approximate surface area is 206 Å². The van der Waals surface area contributed by atoms with Crippen LogP contribution < -0.4 is 0 Å². The summed E-state index contributed by atoms with van der Waals surface area (Å²) >= 11 is 0. The zero-order chi connectivity index (χ0) is 25.2. The van der Waals surface area contributed by atoms with Crippen LogP contribution in [0.25, 0.3) is 0 Å². The van der Waals surface area contributed by atoms with Crippen LogP contribution in [0.3, 0.4) is 0 Å². The quantitative estimate of drug-likeness (QED) is 0.592. The normalized spacial score (nSPS) is 42.4. The molecule has 0 spiro atoms. The molecule has 5 rings (SSSR count). The van der Waals surface area contributed by atoms with Crippen molar-refractivity contribution in [1.82, 2.24) is 4.90 Å². The summed E-state index contributed by atoms with van der Waals surface area (Å²) in [5, 5.41) is 23.3. The van der Waals surface area contributed by atoms with Gasteiger partial charge in [-0.3, -0.25) is 9.59 Å². The molecule has 0 unspecified atom stereocenters. The predicted molar refractivity (Wildman–Crippen MR) is 129 cm³/mol. The molecule has 190 valence electrons. The van der Waals surface area contributed by atoms with Crippen LogP contribution in [0, 0.1) is 28.6 Å². The molecule has 1 heterocycles. The summed E-state index contributed by atoms with van der Waals surface area (Å²) in [7, 11) is 1.81. The van der Waals surface area contributed by atoms with Crippen LogP contribution in [0.1, 0.15) is 65.2 Å². The van der Waals surface area contributed by atoms with E-state index in [4.69, 9.17) is 4.74 Å². The number of nitrogens with zero attached hydrogens (tertiary/aromatic N) is 1. The maximum absolute atomic E-state index is 13.4. The lowest BCUT2D eigenvalue weighted by molar-refractivity contribution is -0.184. The van der Waals surface area contributed by atoms with Gasteiger partial charge in [0.25, 0.3) is 0 Å². The number of ketones is 2. The Kier molecular flexibility index (Phi) is 5.87. The first-order valence-corrected chi connectivity index (χ1v) is 12.9. The molecular weight excluding hydrogens is 446 g/mol. The van der Waals surface area contributed by atoms with Gasteiger partial charge in [-0.2, -0.15) is 0 Å².